The number of nitrogens with zero attached hydrogens (tertiary/aromatic N) is 1. The van der Waals surface area contributed by atoms with Crippen molar-refractivity contribution >= 4 is 21.4 Å². The molecule has 1 aromatic carbocycles. The van der Waals surface area contributed by atoms with E-state index in [1.807, 2.05) is 11.3 Å². The lowest BCUT2D eigenvalue weighted by atomic mass is 9.95. The van der Waals surface area contributed by atoms with Gasteiger partial charge in [0, 0.05) is 17.8 Å². The van der Waals surface area contributed by atoms with Gasteiger partial charge < -0.3 is 0 Å². The van der Waals surface area contributed by atoms with Crippen molar-refractivity contribution < 1.29 is 0 Å². The molecule has 1 aliphatic rings. The minimum Gasteiger partial charge on any atom is -0.299 e. The van der Waals surface area contributed by atoms with Crippen LogP contribution >= 0.6 is 11.3 Å². The number of benzene rings is 1. The number of hydrogen-bond acceptors (Lipinski definition) is 2. The Morgan fingerprint density at radius 1 is 1.33 bits per heavy atom. The van der Waals surface area contributed by atoms with Crippen LogP contribution in [0.15, 0.2) is 29.6 Å². The van der Waals surface area contributed by atoms with E-state index in [1.54, 1.807) is 0 Å². The Labute approximate surface area is 113 Å². The summed E-state index contributed by atoms with van der Waals surface area (Å²) in [6.07, 6.45) is 1.37. The molecule has 96 valence electrons. The van der Waals surface area contributed by atoms with Gasteiger partial charge in [-0.15, -0.1) is 11.3 Å². The maximum atomic E-state index is 2.62. The molecular weight excluding hydrogens is 238 g/mol. The number of fused-ring (bicyclic) bond motifs is 1. The van der Waals surface area contributed by atoms with Gasteiger partial charge in [-0.1, -0.05) is 32.0 Å². The van der Waals surface area contributed by atoms with Crippen LogP contribution in [0.1, 0.15) is 25.8 Å². The van der Waals surface area contributed by atoms with E-state index < -0.39 is 0 Å². The number of likely N-dealkylation sites (tertiary alicyclic amines) is 1. The maximum Gasteiger partial charge on any atom is 0.0346 e. The van der Waals surface area contributed by atoms with Crippen molar-refractivity contribution in [2.75, 3.05) is 13.1 Å². The molecule has 1 nitrogen and oxygen atoms in total. The fraction of sp³-hybridized carbons (Fsp3) is 0.500. The normalized spacial score (nSPS) is 21.2. The summed E-state index contributed by atoms with van der Waals surface area (Å²) in [4.78, 5) is 2.62. The van der Waals surface area contributed by atoms with Gasteiger partial charge in [-0.25, -0.2) is 0 Å². The van der Waals surface area contributed by atoms with E-state index in [9.17, 15) is 0 Å². The molecule has 1 saturated heterocycles. The lowest BCUT2D eigenvalue weighted by molar-refractivity contribution is 0.298. The zero-order chi connectivity index (χ0) is 12.5. The number of thiophene rings is 1. The molecule has 0 radical (unpaired) electrons. The smallest absolute Gasteiger partial charge is 0.0346 e. The predicted molar refractivity (Wildman–Crippen MR) is 80.0 cm³/mol. The zero-order valence-electron chi connectivity index (χ0n) is 11.2. The van der Waals surface area contributed by atoms with E-state index in [1.165, 1.54) is 35.2 Å². The van der Waals surface area contributed by atoms with Crippen molar-refractivity contribution in [3.8, 4) is 0 Å². The van der Waals surface area contributed by atoms with E-state index in [0.717, 1.165) is 18.4 Å². The fourth-order valence-corrected chi connectivity index (χ4v) is 3.90. The lowest BCUT2D eigenvalue weighted by Gasteiger charge is -2.17. The molecule has 0 unspecified atom stereocenters. The standard InChI is InChI=1S/C16H21NS/c1-12(2)13-7-8-17(9-13)10-14-11-18-16-6-4-3-5-15(14)16/h3-6,11-13H,7-10H2,1-2H3/t13-/m1/s1. The first-order valence-electron chi connectivity index (χ1n) is 6.91. The molecular formula is C16H21NS. The Balaban J connectivity index is 1.74. The van der Waals surface area contributed by atoms with Crippen LogP contribution in [0.3, 0.4) is 0 Å². The van der Waals surface area contributed by atoms with Crippen molar-refractivity contribution in [1.82, 2.24) is 4.90 Å². The molecule has 1 fully saturated rings. The molecule has 0 N–H and O–H groups in total. The predicted octanol–water partition coefficient (Wildman–Crippen LogP) is 4.38. The summed E-state index contributed by atoms with van der Waals surface area (Å²) in [5.41, 5.74) is 1.51. The fourth-order valence-electron chi connectivity index (χ4n) is 2.95. The van der Waals surface area contributed by atoms with E-state index in [2.05, 4.69) is 48.4 Å². The first-order chi connectivity index (χ1) is 8.74. The summed E-state index contributed by atoms with van der Waals surface area (Å²) in [5, 5.41) is 3.79. The highest BCUT2D eigenvalue weighted by molar-refractivity contribution is 7.17. The molecule has 2 heterocycles. The molecule has 3 rings (SSSR count). The zero-order valence-corrected chi connectivity index (χ0v) is 12.0. The third-order valence-electron chi connectivity index (χ3n) is 4.21. The number of hydrogen-bond donors (Lipinski definition) is 0. The van der Waals surface area contributed by atoms with Crippen molar-refractivity contribution in [3.63, 3.8) is 0 Å². The SMILES string of the molecule is CC(C)[C@@H]1CCN(Cc2csc3ccccc23)C1. The van der Waals surface area contributed by atoms with Gasteiger partial charge in [0.1, 0.15) is 0 Å². The summed E-state index contributed by atoms with van der Waals surface area (Å²) in [5.74, 6) is 1.73. The van der Waals surface area contributed by atoms with Gasteiger partial charge >= 0.3 is 0 Å². The lowest BCUT2D eigenvalue weighted by Crippen LogP contribution is -2.21. The van der Waals surface area contributed by atoms with Gasteiger partial charge in [0.25, 0.3) is 0 Å². The summed E-state index contributed by atoms with van der Waals surface area (Å²) in [7, 11) is 0. The van der Waals surface area contributed by atoms with Gasteiger partial charge in [-0.05, 0) is 47.2 Å². The van der Waals surface area contributed by atoms with Crippen LogP contribution in [0.25, 0.3) is 10.1 Å². The largest absolute Gasteiger partial charge is 0.299 e. The highest BCUT2D eigenvalue weighted by Crippen LogP contribution is 2.29. The Kier molecular flexibility index (Phi) is 3.40. The summed E-state index contributed by atoms with van der Waals surface area (Å²) in [6, 6.07) is 8.77. The van der Waals surface area contributed by atoms with Gasteiger partial charge in [0.15, 0.2) is 0 Å². The first-order valence-corrected chi connectivity index (χ1v) is 7.79. The second-order valence-corrected chi connectivity index (χ2v) is 6.70. The molecule has 2 aromatic rings. The van der Waals surface area contributed by atoms with Crippen LogP contribution in [-0.4, -0.2) is 18.0 Å². The molecule has 0 spiro atoms. The van der Waals surface area contributed by atoms with Crippen molar-refractivity contribution in [2.45, 2.75) is 26.8 Å². The van der Waals surface area contributed by atoms with Crippen LogP contribution in [0.5, 0.6) is 0 Å². The molecule has 1 atom stereocenters. The third-order valence-corrected chi connectivity index (χ3v) is 5.22. The molecule has 0 saturated carbocycles. The Morgan fingerprint density at radius 3 is 2.94 bits per heavy atom. The van der Waals surface area contributed by atoms with E-state index >= 15 is 0 Å². The minimum absolute atomic E-state index is 0.828. The molecule has 1 aliphatic heterocycles. The molecule has 0 bridgehead atoms. The average molecular weight is 259 g/mol. The molecule has 0 amide bonds. The molecule has 18 heavy (non-hydrogen) atoms. The average Bonchev–Trinajstić information content (AvgIpc) is 2.98. The second kappa shape index (κ2) is 5.02. The summed E-state index contributed by atoms with van der Waals surface area (Å²) < 4.78 is 1.42. The van der Waals surface area contributed by atoms with Crippen LogP contribution in [0, 0.1) is 11.8 Å². The van der Waals surface area contributed by atoms with Crippen LogP contribution < -0.4 is 0 Å². The van der Waals surface area contributed by atoms with E-state index in [-0.39, 0.29) is 0 Å². The van der Waals surface area contributed by atoms with Crippen LogP contribution in [-0.2, 0) is 6.54 Å². The minimum atomic E-state index is 0.828. The van der Waals surface area contributed by atoms with Gasteiger partial charge in [-0.2, -0.15) is 0 Å². The third kappa shape index (κ3) is 2.32. The molecule has 1 aromatic heterocycles. The van der Waals surface area contributed by atoms with Crippen molar-refractivity contribution in [1.29, 1.82) is 0 Å². The quantitative estimate of drug-likeness (QED) is 0.790. The van der Waals surface area contributed by atoms with E-state index in [0.29, 0.717) is 0 Å². The summed E-state index contributed by atoms with van der Waals surface area (Å²) >= 11 is 1.88. The van der Waals surface area contributed by atoms with Gasteiger partial charge in [0.05, 0.1) is 0 Å². The number of rotatable bonds is 3. The van der Waals surface area contributed by atoms with Gasteiger partial charge in [0.2, 0.25) is 0 Å². The molecule has 2 heteroatoms. The van der Waals surface area contributed by atoms with E-state index in [4.69, 9.17) is 0 Å². The van der Waals surface area contributed by atoms with Crippen molar-refractivity contribution in [3.05, 3.63) is 35.2 Å². The van der Waals surface area contributed by atoms with Crippen molar-refractivity contribution in [2.24, 2.45) is 11.8 Å². The highest BCUT2D eigenvalue weighted by atomic mass is 32.1. The van der Waals surface area contributed by atoms with Crippen LogP contribution in [0.2, 0.25) is 0 Å². The Bertz CT molecular complexity index is 529. The Hall–Kier alpha value is -0.860. The highest BCUT2D eigenvalue weighted by Gasteiger charge is 2.25. The van der Waals surface area contributed by atoms with Gasteiger partial charge in [-0.3, -0.25) is 4.90 Å². The maximum absolute atomic E-state index is 2.62. The topological polar surface area (TPSA) is 3.24 Å². The second-order valence-electron chi connectivity index (χ2n) is 5.78. The first kappa shape index (κ1) is 12.2. The Morgan fingerprint density at radius 2 is 2.17 bits per heavy atom. The van der Waals surface area contributed by atoms with Crippen LogP contribution in [0.4, 0.5) is 0 Å². The monoisotopic (exact) mass is 259 g/mol. The molecule has 0 aliphatic carbocycles. The summed E-state index contributed by atoms with van der Waals surface area (Å²) in [6.45, 7) is 8.39.